The molecule has 2 aromatic carbocycles. The van der Waals surface area contributed by atoms with Crippen molar-refractivity contribution in [1.29, 1.82) is 0 Å². The predicted octanol–water partition coefficient (Wildman–Crippen LogP) is 5.17. The van der Waals surface area contributed by atoms with E-state index in [1.165, 1.54) is 4.90 Å². The number of rotatable bonds is 9. The Labute approximate surface area is 208 Å². The van der Waals surface area contributed by atoms with Gasteiger partial charge in [0.15, 0.2) is 0 Å². The highest BCUT2D eigenvalue weighted by Gasteiger charge is 2.34. The van der Waals surface area contributed by atoms with Gasteiger partial charge in [-0.05, 0) is 63.8 Å². The normalized spacial score (nSPS) is 12.7. The summed E-state index contributed by atoms with van der Waals surface area (Å²) in [6, 6.07) is 13.2. The third-order valence-corrected chi connectivity index (χ3v) is 5.38. The lowest BCUT2D eigenvalue weighted by Crippen LogP contribution is -2.51. The van der Waals surface area contributed by atoms with Crippen LogP contribution in [0.15, 0.2) is 61.2 Å². The van der Waals surface area contributed by atoms with Crippen LogP contribution in [0, 0.1) is 6.92 Å². The molecule has 0 aliphatic rings. The number of nitrogens with one attached hydrogen (secondary N) is 2. The quantitative estimate of drug-likeness (QED) is 0.486. The Bertz CT molecular complexity index is 1040. The number of hydrogen-bond acceptors (Lipinski definition) is 4. The topological polar surface area (TPSA) is 87.7 Å². The summed E-state index contributed by atoms with van der Waals surface area (Å²) in [5.74, 6) is -0.788. The molecule has 2 N–H and O–H groups in total. The number of alkyl carbamates (subject to hydrolysis) is 1. The van der Waals surface area contributed by atoms with Crippen molar-refractivity contribution in [2.75, 3.05) is 11.9 Å². The molecule has 2 atom stereocenters. The van der Waals surface area contributed by atoms with Crippen molar-refractivity contribution in [3.05, 3.63) is 77.9 Å². The molecule has 7 heteroatoms. The van der Waals surface area contributed by atoms with Crippen LogP contribution >= 0.6 is 0 Å². The van der Waals surface area contributed by atoms with Crippen LogP contribution in [0.3, 0.4) is 0 Å². The van der Waals surface area contributed by atoms with Gasteiger partial charge in [0.25, 0.3) is 5.91 Å². The van der Waals surface area contributed by atoms with Gasteiger partial charge >= 0.3 is 6.09 Å². The van der Waals surface area contributed by atoms with Gasteiger partial charge in [0.2, 0.25) is 5.91 Å². The Kier molecular flexibility index (Phi) is 9.63. The number of hydrogen-bond donors (Lipinski definition) is 2. The fourth-order valence-electron chi connectivity index (χ4n) is 3.58. The molecule has 0 saturated carbocycles. The molecule has 0 saturated heterocycles. The molecule has 35 heavy (non-hydrogen) atoms. The van der Waals surface area contributed by atoms with Gasteiger partial charge < -0.3 is 20.3 Å². The van der Waals surface area contributed by atoms with E-state index >= 15 is 0 Å². The second-order valence-corrected chi connectivity index (χ2v) is 9.45. The Morgan fingerprint density at radius 3 is 2.26 bits per heavy atom. The molecule has 188 valence electrons. The van der Waals surface area contributed by atoms with Crippen molar-refractivity contribution < 1.29 is 19.1 Å². The minimum absolute atomic E-state index is 0.112. The second kappa shape index (κ2) is 12.2. The molecule has 2 rings (SSSR count). The van der Waals surface area contributed by atoms with E-state index in [-0.39, 0.29) is 12.5 Å². The van der Waals surface area contributed by atoms with Crippen molar-refractivity contribution in [2.45, 2.75) is 65.6 Å². The number of carbonyl (C=O) groups is 3. The number of para-hydroxylation sites is 1. The number of benzene rings is 2. The van der Waals surface area contributed by atoms with Crippen molar-refractivity contribution >= 4 is 23.6 Å². The highest BCUT2D eigenvalue weighted by Crippen LogP contribution is 2.26. The molecule has 0 heterocycles. The molecule has 0 aliphatic carbocycles. The van der Waals surface area contributed by atoms with Gasteiger partial charge in [-0.1, -0.05) is 55.5 Å². The Hall–Kier alpha value is -3.61. The van der Waals surface area contributed by atoms with E-state index in [2.05, 4.69) is 24.1 Å². The summed E-state index contributed by atoms with van der Waals surface area (Å²) < 4.78 is 5.29. The van der Waals surface area contributed by atoms with Crippen LogP contribution in [0.2, 0.25) is 0 Å². The highest BCUT2D eigenvalue weighted by molar-refractivity contribution is 5.99. The van der Waals surface area contributed by atoms with Crippen LogP contribution in [0.5, 0.6) is 0 Å². The van der Waals surface area contributed by atoms with Crippen molar-refractivity contribution in [1.82, 2.24) is 10.2 Å². The second-order valence-electron chi connectivity index (χ2n) is 9.45. The average molecular weight is 480 g/mol. The van der Waals surface area contributed by atoms with Gasteiger partial charge in [0, 0.05) is 12.2 Å². The zero-order chi connectivity index (χ0) is 26.2. The van der Waals surface area contributed by atoms with Gasteiger partial charge in [-0.2, -0.15) is 0 Å². The van der Waals surface area contributed by atoms with Crippen LogP contribution in [-0.2, 0) is 20.7 Å². The molecular formula is C28H37N3O4. The molecule has 2 aromatic rings. The molecule has 0 fully saturated rings. The first-order valence-electron chi connectivity index (χ1n) is 11.8. The number of nitrogens with zero attached hydrogens (tertiary/aromatic N) is 1. The molecule has 0 aliphatic heterocycles. The Morgan fingerprint density at radius 2 is 1.71 bits per heavy atom. The fourth-order valence-corrected chi connectivity index (χ4v) is 3.58. The van der Waals surface area contributed by atoms with Gasteiger partial charge in [0.05, 0.1) is 0 Å². The number of amides is 3. The van der Waals surface area contributed by atoms with E-state index in [0.29, 0.717) is 11.3 Å². The zero-order valence-corrected chi connectivity index (χ0v) is 21.6. The largest absolute Gasteiger partial charge is 0.444 e. The monoisotopic (exact) mass is 479 g/mol. The van der Waals surface area contributed by atoms with E-state index in [9.17, 15) is 14.4 Å². The number of aryl methyl sites for hydroxylation is 2. The lowest BCUT2D eigenvalue weighted by atomic mass is 10.0. The van der Waals surface area contributed by atoms with Gasteiger partial charge in [-0.25, -0.2) is 4.79 Å². The minimum atomic E-state index is -0.936. The standard InChI is InChI=1S/C28H37N3O4/c1-8-18-31(26(33)20(4)29-27(34)35-28(5,6)7)24(22-16-14-21(9-2)15-17-22)25(32)30-23-13-11-10-12-19(23)3/h8,10-17,20,24H,1,9,18H2,2-7H3,(H,29,34)(H,30,32). The maximum atomic E-state index is 13.6. The summed E-state index contributed by atoms with van der Waals surface area (Å²) in [6.07, 6.45) is 1.71. The van der Waals surface area contributed by atoms with Crippen LogP contribution in [0.1, 0.15) is 57.4 Å². The highest BCUT2D eigenvalue weighted by atomic mass is 16.6. The molecular weight excluding hydrogens is 442 g/mol. The third-order valence-electron chi connectivity index (χ3n) is 5.38. The van der Waals surface area contributed by atoms with Crippen molar-refractivity contribution in [3.63, 3.8) is 0 Å². The van der Waals surface area contributed by atoms with E-state index in [1.807, 2.05) is 55.5 Å². The van der Waals surface area contributed by atoms with E-state index in [0.717, 1.165) is 17.5 Å². The number of ether oxygens (including phenoxy) is 1. The van der Waals surface area contributed by atoms with Crippen LogP contribution < -0.4 is 10.6 Å². The van der Waals surface area contributed by atoms with E-state index < -0.39 is 29.7 Å². The smallest absolute Gasteiger partial charge is 0.408 e. The lowest BCUT2D eigenvalue weighted by Gasteiger charge is -2.33. The zero-order valence-electron chi connectivity index (χ0n) is 21.6. The van der Waals surface area contributed by atoms with Crippen LogP contribution in [-0.4, -0.2) is 41.0 Å². The van der Waals surface area contributed by atoms with Gasteiger partial charge in [0.1, 0.15) is 17.7 Å². The van der Waals surface area contributed by atoms with Crippen molar-refractivity contribution in [2.24, 2.45) is 0 Å². The average Bonchev–Trinajstić information content (AvgIpc) is 2.79. The minimum Gasteiger partial charge on any atom is -0.444 e. The molecule has 2 unspecified atom stereocenters. The SMILES string of the molecule is C=CCN(C(=O)C(C)NC(=O)OC(C)(C)C)C(C(=O)Nc1ccccc1C)c1ccc(CC)cc1. The maximum Gasteiger partial charge on any atom is 0.408 e. The summed E-state index contributed by atoms with van der Waals surface area (Å²) in [4.78, 5) is 40.8. The Balaban J connectivity index is 2.41. The maximum absolute atomic E-state index is 13.6. The number of anilines is 1. The molecule has 0 radical (unpaired) electrons. The molecule has 0 aromatic heterocycles. The van der Waals surface area contributed by atoms with Gasteiger partial charge in [-0.15, -0.1) is 6.58 Å². The lowest BCUT2D eigenvalue weighted by molar-refractivity contribution is -0.139. The molecule has 7 nitrogen and oxygen atoms in total. The number of carbonyl (C=O) groups excluding carboxylic acids is 3. The molecule has 3 amide bonds. The molecule has 0 bridgehead atoms. The fraction of sp³-hybridized carbons (Fsp3) is 0.393. The summed E-state index contributed by atoms with van der Waals surface area (Å²) in [5.41, 5.74) is 2.65. The van der Waals surface area contributed by atoms with Crippen LogP contribution in [0.4, 0.5) is 10.5 Å². The molecule has 0 spiro atoms. The first kappa shape index (κ1) is 27.6. The Morgan fingerprint density at radius 1 is 1.09 bits per heavy atom. The summed E-state index contributed by atoms with van der Waals surface area (Å²) in [5, 5.41) is 5.54. The summed E-state index contributed by atoms with van der Waals surface area (Å²) in [6.45, 7) is 14.6. The van der Waals surface area contributed by atoms with E-state index in [4.69, 9.17) is 4.74 Å². The first-order chi connectivity index (χ1) is 16.5. The third kappa shape index (κ3) is 7.98. The van der Waals surface area contributed by atoms with Crippen LogP contribution in [0.25, 0.3) is 0 Å². The van der Waals surface area contributed by atoms with Crippen molar-refractivity contribution in [3.8, 4) is 0 Å². The first-order valence-corrected chi connectivity index (χ1v) is 11.8. The van der Waals surface area contributed by atoms with E-state index in [1.54, 1.807) is 33.8 Å². The van der Waals surface area contributed by atoms with Gasteiger partial charge in [-0.3, -0.25) is 9.59 Å². The summed E-state index contributed by atoms with van der Waals surface area (Å²) >= 11 is 0. The predicted molar refractivity (Wildman–Crippen MR) is 139 cm³/mol. The summed E-state index contributed by atoms with van der Waals surface area (Å²) in [7, 11) is 0.